The van der Waals surface area contributed by atoms with Gasteiger partial charge in [0.05, 0.1) is 15.7 Å². The summed E-state index contributed by atoms with van der Waals surface area (Å²) in [5.41, 5.74) is 6.97. The first-order chi connectivity index (χ1) is 9.09. The Balaban J connectivity index is 2.04. The van der Waals surface area contributed by atoms with Crippen LogP contribution >= 0.6 is 23.2 Å². The van der Waals surface area contributed by atoms with Crippen molar-refractivity contribution in [2.24, 2.45) is 16.7 Å². The first-order valence-electron chi connectivity index (χ1n) is 6.61. The number of anilines is 1. The fourth-order valence-corrected chi connectivity index (χ4v) is 3.22. The molecule has 0 saturated heterocycles. The highest BCUT2D eigenvalue weighted by Crippen LogP contribution is 2.67. The van der Waals surface area contributed by atoms with Crippen molar-refractivity contribution < 1.29 is 4.79 Å². The van der Waals surface area contributed by atoms with E-state index in [9.17, 15) is 4.79 Å². The molecule has 0 spiro atoms. The molecule has 2 rings (SSSR count). The number of hydrogen-bond donors (Lipinski definition) is 2. The maximum absolute atomic E-state index is 12.1. The van der Waals surface area contributed by atoms with Gasteiger partial charge in [-0.05, 0) is 28.9 Å². The van der Waals surface area contributed by atoms with Gasteiger partial charge in [0.25, 0.3) is 5.91 Å². The monoisotopic (exact) mass is 314 g/mol. The molecule has 1 aromatic rings. The standard InChI is InChI=1S/C15H20Cl2N2O/c1-14(2)11(15(14,3)4)7-19-13(20)8-5-9(16)12(17)10(18)6-8/h5-6,11H,7,18H2,1-4H3,(H,19,20). The number of nitrogen functional groups attached to an aromatic ring is 1. The van der Waals surface area contributed by atoms with Gasteiger partial charge in [0.1, 0.15) is 0 Å². The van der Waals surface area contributed by atoms with E-state index in [-0.39, 0.29) is 21.8 Å². The first kappa shape index (κ1) is 15.5. The van der Waals surface area contributed by atoms with Gasteiger partial charge in [-0.25, -0.2) is 0 Å². The Morgan fingerprint density at radius 3 is 2.25 bits per heavy atom. The molecule has 1 saturated carbocycles. The molecule has 0 aromatic heterocycles. The molecule has 5 heteroatoms. The van der Waals surface area contributed by atoms with E-state index < -0.39 is 0 Å². The topological polar surface area (TPSA) is 55.1 Å². The van der Waals surface area contributed by atoms with Crippen LogP contribution in [0, 0.1) is 16.7 Å². The number of carbonyl (C=O) groups is 1. The molecule has 1 aliphatic carbocycles. The summed E-state index contributed by atoms with van der Waals surface area (Å²) in [7, 11) is 0. The van der Waals surface area contributed by atoms with Crippen LogP contribution in [-0.4, -0.2) is 12.5 Å². The zero-order valence-corrected chi connectivity index (χ0v) is 13.7. The normalized spacial score (nSPS) is 19.7. The Labute approximate surface area is 129 Å². The molecule has 1 aliphatic rings. The molecule has 3 N–H and O–H groups in total. The number of benzene rings is 1. The van der Waals surface area contributed by atoms with Crippen LogP contribution in [0.25, 0.3) is 0 Å². The average Bonchev–Trinajstić information content (AvgIpc) is 2.73. The minimum Gasteiger partial charge on any atom is -0.397 e. The molecule has 0 bridgehead atoms. The molecule has 20 heavy (non-hydrogen) atoms. The third kappa shape index (κ3) is 2.38. The Bertz CT molecular complexity index is 530. The van der Waals surface area contributed by atoms with Gasteiger partial charge in [0, 0.05) is 12.1 Å². The van der Waals surface area contributed by atoms with E-state index in [1.807, 2.05) is 0 Å². The SMILES string of the molecule is CC1(C)C(CNC(=O)c2cc(N)c(Cl)c(Cl)c2)C1(C)C. The molecular weight excluding hydrogens is 295 g/mol. The van der Waals surface area contributed by atoms with Crippen LogP contribution in [0.3, 0.4) is 0 Å². The van der Waals surface area contributed by atoms with Gasteiger partial charge < -0.3 is 11.1 Å². The number of carbonyl (C=O) groups excluding carboxylic acids is 1. The van der Waals surface area contributed by atoms with E-state index in [1.165, 1.54) is 0 Å². The Kier molecular flexibility index (Phi) is 3.72. The van der Waals surface area contributed by atoms with E-state index in [2.05, 4.69) is 33.0 Å². The summed E-state index contributed by atoms with van der Waals surface area (Å²) < 4.78 is 0. The van der Waals surface area contributed by atoms with Crippen LogP contribution in [0.1, 0.15) is 38.1 Å². The van der Waals surface area contributed by atoms with Crippen molar-refractivity contribution in [1.82, 2.24) is 5.32 Å². The second kappa shape index (κ2) is 4.81. The van der Waals surface area contributed by atoms with Crippen molar-refractivity contribution in [3.05, 3.63) is 27.7 Å². The fraction of sp³-hybridized carbons (Fsp3) is 0.533. The summed E-state index contributed by atoms with van der Waals surface area (Å²) >= 11 is 11.8. The molecule has 0 unspecified atom stereocenters. The van der Waals surface area contributed by atoms with Crippen molar-refractivity contribution in [2.45, 2.75) is 27.7 Å². The lowest BCUT2D eigenvalue weighted by molar-refractivity contribution is 0.0950. The average molecular weight is 315 g/mol. The van der Waals surface area contributed by atoms with Gasteiger partial charge in [0.15, 0.2) is 0 Å². The largest absolute Gasteiger partial charge is 0.397 e. The van der Waals surface area contributed by atoms with Crippen LogP contribution < -0.4 is 11.1 Å². The van der Waals surface area contributed by atoms with Gasteiger partial charge in [-0.3, -0.25) is 4.79 Å². The van der Waals surface area contributed by atoms with E-state index in [0.717, 1.165) is 0 Å². The van der Waals surface area contributed by atoms with Gasteiger partial charge >= 0.3 is 0 Å². The third-order valence-corrected chi connectivity index (χ3v) is 5.92. The number of hydrogen-bond acceptors (Lipinski definition) is 2. The second-order valence-electron chi connectivity index (χ2n) is 6.57. The van der Waals surface area contributed by atoms with E-state index in [1.54, 1.807) is 12.1 Å². The molecule has 0 heterocycles. The van der Waals surface area contributed by atoms with Gasteiger partial charge in [0.2, 0.25) is 0 Å². The number of rotatable bonds is 3. The zero-order valence-electron chi connectivity index (χ0n) is 12.2. The highest BCUT2D eigenvalue weighted by atomic mass is 35.5. The summed E-state index contributed by atoms with van der Waals surface area (Å²) in [5.74, 6) is 0.299. The summed E-state index contributed by atoms with van der Waals surface area (Å²) in [5, 5.41) is 3.53. The van der Waals surface area contributed by atoms with E-state index in [0.29, 0.717) is 28.7 Å². The lowest BCUT2D eigenvalue weighted by atomic mass is 10.0. The maximum Gasteiger partial charge on any atom is 0.251 e. The Hall–Kier alpha value is -0.930. The quantitative estimate of drug-likeness (QED) is 0.829. The predicted octanol–water partition coefficient (Wildman–Crippen LogP) is 3.99. The third-order valence-electron chi connectivity index (χ3n) is 5.10. The number of nitrogens with one attached hydrogen (secondary N) is 1. The van der Waals surface area contributed by atoms with Crippen molar-refractivity contribution in [3.63, 3.8) is 0 Å². The lowest BCUT2D eigenvalue weighted by Gasteiger charge is -2.09. The highest BCUT2D eigenvalue weighted by Gasteiger charge is 2.64. The zero-order chi connectivity index (χ0) is 15.3. The number of halogens is 2. The molecule has 3 nitrogen and oxygen atoms in total. The molecule has 110 valence electrons. The van der Waals surface area contributed by atoms with Gasteiger partial charge in [-0.1, -0.05) is 50.9 Å². The lowest BCUT2D eigenvalue weighted by Crippen LogP contribution is -2.27. The molecule has 0 aliphatic heterocycles. The molecule has 1 fully saturated rings. The summed E-state index contributed by atoms with van der Waals surface area (Å²) in [6.45, 7) is 9.54. The predicted molar refractivity (Wildman–Crippen MR) is 84.3 cm³/mol. The van der Waals surface area contributed by atoms with Gasteiger partial charge in [-0.15, -0.1) is 0 Å². The van der Waals surface area contributed by atoms with Crippen molar-refractivity contribution >= 4 is 34.8 Å². The van der Waals surface area contributed by atoms with E-state index in [4.69, 9.17) is 28.9 Å². The highest BCUT2D eigenvalue weighted by molar-refractivity contribution is 6.43. The number of amides is 1. The molecule has 0 radical (unpaired) electrons. The minimum atomic E-state index is -0.172. The summed E-state index contributed by atoms with van der Waals surface area (Å²) in [6, 6.07) is 3.09. The van der Waals surface area contributed by atoms with Gasteiger partial charge in [-0.2, -0.15) is 0 Å². The number of nitrogens with two attached hydrogens (primary N) is 1. The smallest absolute Gasteiger partial charge is 0.251 e. The van der Waals surface area contributed by atoms with Crippen molar-refractivity contribution in [3.8, 4) is 0 Å². The minimum absolute atomic E-state index is 0.172. The molecular formula is C15H20Cl2N2O. The van der Waals surface area contributed by atoms with Crippen LogP contribution in [0.2, 0.25) is 10.0 Å². The molecule has 1 amide bonds. The maximum atomic E-state index is 12.1. The van der Waals surface area contributed by atoms with Crippen molar-refractivity contribution in [2.75, 3.05) is 12.3 Å². The summed E-state index contributed by atoms with van der Waals surface area (Å²) in [6.07, 6.45) is 0. The van der Waals surface area contributed by atoms with Crippen LogP contribution in [-0.2, 0) is 0 Å². The van der Waals surface area contributed by atoms with E-state index >= 15 is 0 Å². The summed E-state index contributed by atoms with van der Waals surface area (Å²) in [4.78, 5) is 12.1. The fourth-order valence-electron chi connectivity index (χ4n) is 2.88. The Morgan fingerprint density at radius 2 is 1.80 bits per heavy atom. The molecule has 0 atom stereocenters. The van der Waals surface area contributed by atoms with Crippen LogP contribution in [0.15, 0.2) is 12.1 Å². The molecule has 1 aromatic carbocycles. The van der Waals surface area contributed by atoms with Crippen molar-refractivity contribution in [1.29, 1.82) is 0 Å². The first-order valence-corrected chi connectivity index (χ1v) is 7.37. The Morgan fingerprint density at radius 1 is 1.25 bits per heavy atom. The van der Waals surface area contributed by atoms with Crippen LogP contribution in [0.4, 0.5) is 5.69 Å². The van der Waals surface area contributed by atoms with Crippen LogP contribution in [0.5, 0.6) is 0 Å². The second-order valence-corrected chi connectivity index (χ2v) is 7.35.